The molecule has 1 aliphatic heterocycles. The third kappa shape index (κ3) is 2.92. The van der Waals surface area contributed by atoms with Crippen molar-refractivity contribution in [2.45, 2.75) is 32.7 Å². The van der Waals surface area contributed by atoms with Crippen molar-refractivity contribution in [3.63, 3.8) is 0 Å². The van der Waals surface area contributed by atoms with Gasteiger partial charge in [-0.3, -0.25) is 0 Å². The van der Waals surface area contributed by atoms with Gasteiger partial charge in [-0.25, -0.2) is 9.79 Å². The van der Waals surface area contributed by atoms with Crippen molar-refractivity contribution < 1.29 is 9.53 Å². The second kappa shape index (κ2) is 6.44. The zero-order valence-corrected chi connectivity index (χ0v) is 12.7. The highest BCUT2D eigenvalue weighted by Crippen LogP contribution is 2.34. The minimum Gasteiger partial charge on any atom is -0.461 e. The summed E-state index contributed by atoms with van der Waals surface area (Å²) in [5.41, 5.74) is 2.23. The molecule has 21 heavy (non-hydrogen) atoms. The molecule has 1 aliphatic rings. The SMILES string of the molecule is CCOC(=O)c1c(N=CN(C)C)c(C#N)c2n1CCCC2. The average Bonchev–Trinajstić information content (AvgIpc) is 2.78. The van der Waals surface area contributed by atoms with Crippen molar-refractivity contribution in [1.82, 2.24) is 9.47 Å². The zero-order valence-electron chi connectivity index (χ0n) is 12.7. The second-order valence-corrected chi connectivity index (χ2v) is 5.17. The van der Waals surface area contributed by atoms with Crippen LogP contribution in [0.25, 0.3) is 0 Å². The molecule has 0 spiro atoms. The molecule has 0 radical (unpaired) electrons. The smallest absolute Gasteiger partial charge is 0.357 e. The number of hydrogen-bond acceptors (Lipinski definition) is 4. The van der Waals surface area contributed by atoms with Crippen molar-refractivity contribution in [3.8, 4) is 6.07 Å². The van der Waals surface area contributed by atoms with E-state index < -0.39 is 5.97 Å². The lowest BCUT2D eigenvalue weighted by atomic mass is 10.1. The predicted octanol–water partition coefficient (Wildman–Crippen LogP) is 2.09. The summed E-state index contributed by atoms with van der Waals surface area (Å²) in [6.07, 6.45) is 4.42. The largest absolute Gasteiger partial charge is 0.461 e. The van der Waals surface area contributed by atoms with E-state index >= 15 is 0 Å². The molecule has 1 aromatic rings. The van der Waals surface area contributed by atoms with E-state index in [4.69, 9.17) is 4.74 Å². The lowest BCUT2D eigenvalue weighted by Gasteiger charge is -2.17. The van der Waals surface area contributed by atoms with E-state index in [2.05, 4.69) is 11.1 Å². The Morgan fingerprint density at radius 2 is 2.29 bits per heavy atom. The van der Waals surface area contributed by atoms with Crippen molar-refractivity contribution in [2.24, 2.45) is 4.99 Å². The van der Waals surface area contributed by atoms with E-state index in [0.29, 0.717) is 23.6 Å². The number of ether oxygens (including phenoxy) is 1. The molecule has 2 heterocycles. The number of hydrogen-bond donors (Lipinski definition) is 0. The molecule has 6 nitrogen and oxygen atoms in total. The van der Waals surface area contributed by atoms with Crippen LogP contribution in [-0.4, -0.2) is 42.5 Å². The molecule has 0 bridgehead atoms. The fourth-order valence-electron chi connectivity index (χ4n) is 2.54. The van der Waals surface area contributed by atoms with Gasteiger partial charge in [0.1, 0.15) is 11.8 Å². The van der Waals surface area contributed by atoms with E-state index in [-0.39, 0.29) is 0 Å². The van der Waals surface area contributed by atoms with Gasteiger partial charge in [0.05, 0.1) is 18.5 Å². The number of carbonyl (C=O) groups excluding carboxylic acids is 1. The molecule has 0 amide bonds. The van der Waals surface area contributed by atoms with Crippen molar-refractivity contribution in [3.05, 3.63) is 17.0 Å². The summed E-state index contributed by atoms with van der Waals surface area (Å²) >= 11 is 0. The maximum Gasteiger partial charge on any atom is 0.357 e. The van der Waals surface area contributed by atoms with Gasteiger partial charge in [0.15, 0.2) is 5.69 Å². The molecular weight excluding hydrogens is 268 g/mol. The quantitative estimate of drug-likeness (QED) is 0.483. The topological polar surface area (TPSA) is 70.6 Å². The molecule has 1 aromatic heterocycles. The highest BCUT2D eigenvalue weighted by atomic mass is 16.5. The Kier molecular flexibility index (Phi) is 4.63. The number of esters is 1. The van der Waals surface area contributed by atoms with Crippen LogP contribution in [0.15, 0.2) is 4.99 Å². The van der Waals surface area contributed by atoms with Crippen molar-refractivity contribution in [2.75, 3.05) is 20.7 Å². The lowest BCUT2D eigenvalue weighted by Crippen LogP contribution is -2.17. The third-order valence-corrected chi connectivity index (χ3v) is 3.39. The Hall–Kier alpha value is -2.29. The van der Waals surface area contributed by atoms with Crippen molar-refractivity contribution >= 4 is 18.0 Å². The van der Waals surface area contributed by atoms with Crippen LogP contribution in [0.1, 0.15) is 41.5 Å². The summed E-state index contributed by atoms with van der Waals surface area (Å²) in [6, 6.07) is 2.20. The first kappa shape index (κ1) is 15.1. The summed E-state index contributed by atoms with van der Waals surface area (Å²) in [5, 5.41) is 9.46. The maximum absolute atomic E-state index is 12.3. The standard InChI is InChI=1S/C15H20N4O2/c1-4-21-15(20)14-13(17-10-18(2)3)11(9-16)12-7-5-6-8-19(12)14/h10H,4-8H2,1-3H3. The van der Waals surface area contributed by atoms with E-state index in [1.807, 2.05) is 18.7 Å². The molecule has 0 aromatic carbocycles. The van der Waals surface area contributed by atoms with Gasteiger partial charge in [-0.1, -0.05) is 0 Å². The first-order chi connectivity index (χ1) is 10.1. The Balaban J connectivity index is 2.61. The minimum atomic E-state index is -0.409. The van der Waals surface area contributed by atoms with Crippen LogP contribution >= 0.6 is 0 Å². The molecule has 0 unspecified atom stereocenters. The molecule has 2 rings (SSSR count). The number of aromatic nitrogens is 1. The van der Waals surface area contributed by atoms with Crippen molar-refractivity contribution in [1.29, 1.82) is 5.26 Å². The van der Waals surface area contributed by atoms with E-state index in [9.17, 15) is 10.1 Å². The number of nitriles is 1. The number of carbonyl (C=O) groups is 1. The monoisotopic (exact) mass is 288 g/mol. The van der Waals surface area contributed by atoms with Gasteiger partial charge in [-0.05, 0) is 26.2 Å². The average molecular weight is 288 g/mol. The fourth-order valence-corrected chi connectivity index (χ4v) is 2.54. The Bertz CT molecular complexity index is 608. The van der Waals surface area contributed by atoms with Gasteiger partial charge in [0.2, 0.25) is 0 Å². The summed E-state index contributed by atoms with van der Waals surface area (Å²) in [5.74, 6) is -0.409. The van der Waals surface area contributed by atoms with Gasteiger partial charge in [0.25, 0.3) is 0 Å². The molecular formula is C15H20N4O2. The highest BCUT2D eigenvalue weighted by Gasteiger charge is 2.29. The molecule has 0 N–H and O–H groups in total. The number of fused-ring (bicyclic) bond motifs is 1. The molecule has 112 valence electrons. The Morgan fingerprint density at radius 1 is 1.52 bits per heavy atom. The summed E-state index contributed by atoms with van der Waals surface area (Å²) in [7, 11) is 3.69. The van der Waals surface area contributed by atoms with Crippen LogP contribution in [-0.2, 0) is 17.7 Å². The van der Waals surface area contributed by atoms with Gasteiger partial charge in [0, 0.05) is 26.3 Å². The maximum atomic E-state index is 12.3. The van der Waals surface area contributed by atoms with Gasteiger partial charge in [-0.15, -0.1) is 0 Å². The molecule has 0 aliphatic carbocycles. The second-order valence-electron chi connectivity index (χ2n) is 5.17. The molecule has 0 saturated carbocycles. The zero-order chi connectivity index (χ0) is 15.4. The highest BCUT2D eigenvalue weighted by molar-refractivity contribution is 5.96. The Morgan fingerprint density at radius 3 is 2.90 bits per heavy atom. The number of nitrogens with zero attached hydrogens (tertiary/aromatic N) is 4. The van der Waals surface area contributed by atoms with Crippen LogP contribution in [0.5, 0.6) is 0 Å². The van der Waals surface area contributed by atoms with Crippen LogP contribution in [0, 0.1) is 11.3 Å². The Labute approximate surface area is 124 Å². The molecule has 0 atom stereocenters. The van der Waals surface area contributed by atoms with Crippen LogP contribution < -0.4 is 0 Å². The summed E-state index contributed by atoms with van der Waals surface area (Å²) in [6.45, 7) is 2.81. The first-order valence-corrected chi connectivity index (χ1v) is 7.13. The number of aliphatic imine (C=N–C) groups is 1. The molecule has 0 saturated heterocycles. The van der Waals surface area contributed by atoms with E-state index in [1.165, 1.54) is 0 Å². The normalized spacial score (nSPS) is 13.8. The molecule has 6 heteroatoms. The van der Waals surface area contributed by atoms with Crippen LogP contribution in [0.4, 0.5) is 5.69 Å². The van der Waals surface area contributed by atoms with Gasteiger partial charge >= 0.3 is 5.97 Å². The van der Waals surface area contributed by atoms with Gasteiger partial charge < -0.3 is 14.2 Å². The number of rotatable bonds is 4. The van der Waals surface area contributed by atoms with Crippen LogP contribution in [0.3, 0.4) is 0 Å². The molecule has 0 fully saturated rings. The lowest BCUT2D eigenvalue weighted by molar-refractivity contribution is 0.0513. The summed E-state index contributed by atoms with van der Waals surface area (Å²) in [4.78, 5) is 18.4. The third-order valence-electron chi connectivity index (χ3n) is 3.39. The van der Waals surface area contributed by atoms with Gasteiger partial charge in [-0.2, -0.15) is 5.26 Å². The predicted molar refractivity (Wildman–Crippen MR) is 79.9 cm³/mol. The minimum absolute atomic E-state index is 0.304. The first-order valence-electron chi connectivity index (χ1n) is 7.13. The fraction of sp³-hybridized carbons (Fsp3) is 0.533. The van der Waals surface area contributed by atoms with Crippen LogP contribution in [0.2, 0.25) is 0 Å². The van der Waals surface area contributed by atoms with E-state index in [1.54, 1.807) is 18.2 Å². The van der Waals surface area contributed by atoms with E-state index in [0.717, 1.165) is 31.5 Å². The summed E-state index contributed by atoms with van der Waals surface area (Å²) < 4.78 is 7.05.